The number of ether oxygens (including phenoxy) is 1. The summed E-state index contributed by atoms with van der Waals surface area (Å²) >= 11 is 0. The average molecular weight is 501 g/mol. The Hall–Kier alpha value is -3.79. The summed E-state index contributed by atoms with van der Waals surface area (Å²) < 4.78 is 41.9. The number of benzene rings is 2. The van der Waals surface area contributed by atoms with Crippen molar-refractivity contribution in [2.45, 2.75) is 18.6 Å². The summed E-state index contributed by atoms with van der Waals surface area (Å²) in [5.41, 5.74) is 4.77. The molecule has 2 N–H and O–H groups in total. The fraction of sp³-hybridized carbons (Fsp3) is 0.308. The van der Waals surface area contributed by atoms with Gasteiger partial charge in [-0.3, -0.25) is 9.88 Å². The molecule has 0 fully saturated rings. The molecule has 3 aromatic rings. The molecule has 10 heteroatoms. The molecule has 2 heterocycles. The first-order valence-electron chi connectivity index (χ1n) is 11.4. The molecule has 0 spiro atoms. The van der Waals surface area contributed by atoms with Crippen molar-refractivity contribution in [1.29, 1.82) is 0 Å². The number of fused-ring (bicyclic) bond motifs is 1. The van der Waals surface area contributed by atoms with Crippen molar-refractivity contribution in [3.63, 3.8) is 0 Å². The number of halogens is 3. The Labute approximate surface area is 207 Å². The lowest BCUT2D eigenvalue weighted by Crippen LogP contribution is -2.36. The van der Waals surface area contributed by atoms with Gasteiger partial charge in [0.25, 0.3) is 0 Å². The number of likely N-dealkylation sites (N-methyl/N-ethyl adjacent to an activating group) is 1. The van der Waals surface area contributed by atoms with Gasteiger partial charge in [0.1, 0.15) is 5.75 Å². The maximum atomic E-state index is 12.4. The van der Waals surface area contributed by atoms with Gasteiger partial charge >= 0.3 is 12.1 Å². The standard InChI is InChI=1S/C26H27F3N4O3/c1-32-12-10-17-13-19(33(2)18-3-6-20(7-4-18)36-16-26(27,28)29)5-8-21(17)24(32)15-31-23-14-30-11-9-22(23)25(34)35/h3-9,11,13-14,24,31H,10,12,15-16H2,1-2H3,(H,34,35)/t24-/m1/s1. The van der Waals surface area contributed by atoms with Crippen molar-refractivity contribution in [1.82, 2.24) is 9.88 Å². The van der Waals surface area contributed by atoms with Crippen LogP contribution < -0.4 is 15.0 Å². The predicted octanol–water partition coefficient (Wildman–Crippen LogP) is 5.13. The maximum absolute atomic E-state index is 12.4. The number of rotatable bonds is 8. The van der Waals surface area contributed by atoms with E-state index in [9.17, 15) is 23.1 Å². The first-order chi connectivity index (χ1) is 17.1. The number of hydrogen-bond acceptors (Lipinski definition) is 6. The van der Waals surface area contributed by atoms with Crippen molar-refractivity contribution in [3.8, 4) is 5.75 Å². The molecule has 1 aromatic heterocycles. The summed E-state index contributed by atoms with van der Waals surface area (Å²) in [6, 6.07) is 14.2. The first-order valence-corrected chi connectivity index (χ1v) is 11.4. The molecule has 0 saturated carbocycles. The van der Waals surface area contributed by atoms with Crippen LogP contribution in [-0.4, -0.2) is 60.9 Å². The smallest absolute Gasteiger partial charge is 0.422 e. The minimum absolute atomic E-state index is 0.0417. The van der Waals surface area contributed by atoms with E-state index in [1.54, 1.807) is 12.1 Å². The topological polar surface area (TPSA) is 77.9 Å². The lowest BCUT2D eigenvalue weighted by atomic mass is 9.92. The van der Waals surface area contributed by atoms with Crippen LogP contribution in [-0.2, 0) is 6.42 Å². The molecular formula is C26H27F3N4O3. The van der Waals surface area contributed by atoms with Crippen LogP contribution in [0.2, 0.25) is 0 Å². The van der Waals surface area contributed by atoms with Gasteiger partial charge in [-0.25, -0.2) is 4.79 Å². The van der Waals surface area contributed by atoms with Gasteiger partial charge in [-0.05, 0) is 67.1 Å². The van der Waals surface area contributed by atoms with Crippen LogP contribution in [0, 0.1) is 0 Å². The van der Waals surface area contributed by atoms with Gasteiger partial charge in [0, 0.05) is 37.7 Å². The van der Waals surface area contributed by atoms with Crippen molar-refractivity contribution >= 4 is 23.0 Å². The monoisotopic (exact) mass is 500 g/mol. The van der Waals surface area contributed by atoms with Crippen molar-refractivity contribution in [3.05, 3.63) is 77.6 Å². The van der Waals surface area contributed by atoms with Crippen LogP contribution in [0.4, 0.5) is 30.2 Å². The highest BCUT2D eigenvalue weighted by molar-refractivity contribution is 5.93. The Morgan fingerprint density at radius 1 is 1.19 bits per heavy atom. The number of pyridine rings is 1. The summed E-state index contributed by atoms with van der Waals surface area (Å²) in [6.45, 7) is 0.0382. The molecule has 0 unspecified atom stereocenters. The van der Waals surface area contributed by atoms with Crippen molar-refractivity contribution in [2.24, 2.45) is 0 Å². The Morgan fingerprint density at radius 2 is 1.92 bits per heavy atom. The lowest BCUT2D eigenvalue weighted by Gasteiger charge is -2.35. The minimum Gasteiger partial charge on any atom is -0.484 e. The number of carbonyl (C=O) groups is 1. The molecule has 7 nitrogen and oxygen atoms in total. The van der Waals surface area contributed by atoms with E-state index in [1.807, 2.05) is 25.1 Å². The summed E-state index contributed by atoms with van der Waals surface area (Å²) in [5, 5.41) is 12.7. The van der Waals surface area contributed by atoms with E-state index in [4.69, 9.17) is 4.74 Å². The SMILES string of the molecule is CN(c1ccc(OCC(F)(F)F)cc1)c1ccc2c(c1)CCN(C)[C@@H]2CNc1cnccc1C(=O)O. The minimum atomic E-state index is -4.38. The third kappa shape index (κ3) is 5.88. The zero-order chi connectivity index (χ0) is 25.9. The van der Waals surface area contributed by atoms with Gasteiger partial charge in [-0.1, -0.05) is 6.07 Å². The highest BCUT2D eigenvalue weighted by atomic mass is 19.4. The van der Waals surface area contributed by atoms with E-state index in [2.05, 4.69) is 27.3 Å². The highest BCUT2D eigenvalue weighted by Crippen LogP contribution is 2.34. The van der Waals surface area contributed by atoms with Gasteiger partial charge < -0.3 is 20.1 Å². The van der Waals surface area contributed by atoms with Crippen LogP contribution in [0.3, 0.4) is 0 Å². The number of aromatic carboxylic acids is 1. The number of aromatic nitrogens is 1. The molecule has 4 rings (SSSR count). The van der Waals surface area contributed by atoms with Gasteiger partial charge in [0.05, 0.1) is 23.5 Å². The van der Waals surface area contributed by atoms with Gasteiger partial charge in [-0.2, -0.15) is 13.2 Å². The molecule has 0 aliphatic carbocycles. The molecule has 1 aliphatic rings. The third-order valence-electron chi connectivity index (χ3n) is 6.30. The van der Waals surface area contributed by atoms with Crippen molar-refractivity contribution < 1.29 is 27.8 Å². The van der Waals surface area contributed by atoms with Crippen molar-refractivity contribution in [2.75, 3.05) is 44.0 Å². The number of nitrogens with zero attached hydrogens (tertiary/aromatic N) is 3. The molecule has 0 amide bonds. The number of alkyl halides is 3. The number of carboxylic acids is 1. The Morgan fingerprint density at radius 3 is 2.61 bits per heavy atom. The number of carboxylic acid groups (broad SMARTS) is 1. The summed E-state index contributed by atoms with van der Waals surface area (Å²) in [5.74, 6) is -0.849. The van der Waals surface area contributed by atoms with E-state index < -0.39 is 18.8 Å². The summed E-state index contributed by atoms with van der Waals surface area (Å²) in [4.78, 5) is 19.7. The van der Waals surface area contributed by atoms with Gasteiger partial charge in [0.2, 0.25) is 0 Å². The fourth-order valence-electron chi connectivity index (χ4n) is 4.31. The molecule has 1 atom stereocenters. The van der Waals surface area contributed by atoms with E-state index in [1.165, 1.54) is 36.2 Å². The second-order valence-electron chi connectivity index (χ2n) is 8.69. The van der Waals surface area contributed by atoms with Crippen LogP contribution in [0.1, 0.15) is 27.5 Å². The second kappa shape index (κ2) is 10.4. The molecule has 1 aliphatic heterocycles. The van der Waals surface area contributed by atoms with E-state index in [0.29, 0.717) is 12.2 Å². The molecule has 0 saturated heterocycles. The lowest BCUT2D eigenvalue weighted by molar-refractivity contribution is -0.153. The Balaban J connectivity index is 1.48. The quantitative estimate of drug-likeness (QED) is 0.444. The van der Waals surface area contributed by atoms with E-state index >= 15 is 0 Å². The predicted molar refractivity (Wildman–Crippen MR) is 131 cm³/mol. The first kappa shape index (κ1) is 25.3. The summed E-state index contributed by atoms with van der Waals surface area (Å²) in [6.07, 6.45) is -0.541. The third-order valence-corrected chi connectivity index (χ3v) is 6.30. The number of anilines is 3. The normalized spacial score (nSPS) is 15.8. The zero-order valence-electron chi connectivity index (χ0n) is 19.9. The maximum Gasteiger partial charge on any atom is 0.422 e. The largest absolute Gasteiger partial charge is 0.484 e. The fourth-order valence-corrected chi connectivity index (χ4v) is 4.31. The summed E-state index contributed by atoms with van der Waals surface area (Å²) in [7, 11) is 3.94. The average Bonchev–Trinajstić information content (AvgIpc) is 2.86. The van der Waals surface area contributed by atoms with Gasteiger partial charge in [-0.15, -0.1) is 0 Å². The Kier molecular flexibility index (Phi) is 7.35. The van der Waals surface area contributed by atoms with Crippen LogP contribution in [0.25, 0.3) is 0 Å². The van der Waals surface area contributed by atoms with Crippen LogP contribution >= 0.6 is 0 Å². The molecule has 2 aromatic carbocycles. The number of hydrogen-bond donors (Lipinski definition) is 2. The van der Waals surface area contributed by atoms with Gasteiger partial charge in [0.15, 0.2) is 6.61 Å². The molecule has 0 bridgehead atoms. The van der Waals surface area contributed by atoms with E-state index in [0.717, 1.165) is 29.9 Å². The van der Waals surface area contributed by atoms with Crippen LogP contribution in [0.15, 0.2) is 60.9 Å². The zero-order valence-corrected chi connectivity index (χ0v) is 19.9. The van der Waals surface area contributed by atoms with Crippen LogP contribution in [0.5, 0.6) is 5.75 Å². The Bertz CT molecular complexity index is 1220. The second-order valence-corrected chi connectivity index (χ2v) is 8.69. The highest BCUT2D eigenvalue weighted by Gasteiger charge is 2.28. The van der Waals surface area contributed by atoms with E-state index in [-0.39, 0.29) is 17.4 Å². The molecule has 36 heavy (non-hydrogen) atoms. The number of nitrogens with one attached hydrogen (secondary N) is 1. The molecule has 0 radical (unpaired) electrons. The molecule has 190 valence electrons. The molecular weight excluding hydrogens is 473 g/mol.